The Hall–Kier alpha value is -3.66. The number of alkyl carbamates (subject to hydrolysis) is 1. The van der Waals surface area contributed by atoms with Gasteiger partial charge in [0, 0.05) is 18.9 Å². The van der Waals surface area contributed by atoms with Gasteiger partial charge in [-0.2, -0.15) is 0 Å². The summed E-state index contributed by atoms with van der Waals surface area (Å²) in [7, 11) is 1.17. The third-order valence-electron chi connectivity index (χ3n) is 4.14. The van der Waals surface area contributed by atoms with Gasteiger partial charge in [0.15, 0.2) is 5.69 Å². The van der Waals surface area contributed by atoms with E-state index in [9.17, 15) is 24.8 Å². The van der Waals surface area contributed by atoms with Crippen molar-refractivity contribution in [3.63, 3.8) is 0 Å². The van der Waals surface area contributed by atoms with Gasteiger partial charge in [-0.3, -0.25) is 14.9 Å². The predicted octanol–water partition coefficient (Wildman–Crippen LogP) is 2.39. The Bertz CT molecular complexity index is 903. The van der Waals surface area contributed by atoms with E-state index >= 15 is 0 Å². The number of amides is 2. The number of benzene rings is 2. The van der Waals surface area contributed by atoms with Crippen LogP contribution >= 0.6 is 0 Å². The summed E-state index contributed by atoms with van der Waals surface area (Å²) in [6.07, 6.45) is -0.838. The molecule has 0 spiro atoms. The zero-order chi connectivity index (χ0) is 22.1. The number of anilines is 1. The van der Waals surface area contributed by atoms with Crippen LogP contribution in [-0.2, 0) is 22.6 Å². The minimum absolute atomic E-state index is 0.0620. The molecule has 0 bridgehead atoms. The fraction of sp³-hybridized carbons (Fsp3) is 0.300. The first-order valence-corrected chi connectivity index (χ1v) is 9.05. The molecule has 0 unspecified atom stereocenters. The molecule has 0 fully saturated rings. The van der Waals surface area contributed by atoms with Crippen LogP contribution in [0.4, 0.5) is 16.2 Å². The van der Waals surface area contributed by atoms with Crippen LogP contribution in [0.5, 0.6) is 5.75 Å². The topological polar surface area (TPSA) is 140 Å². The highest BCUT2D eigenvalue weighted by molar-refractivity contribution is 5.94. The maximum absolute atomic E-state index is 11.8. The monoisotopic (exact) mass is 417 g/mol. The summed E-state index contributed by atoms with van der Waals surface area (Å²) in [6, 6.07) is 11.3. The number of nitro groups is 1. The number of carbonyl (C=O) groups is 2. The maximum Gasteiger partial charge on any atom is 0.407 e. The number of hydrogen-bond acceptors (Lipinski definition) is 7. The van der Waals surface area contributed by atoms with E-state index in [1.807, 2.05) is 30.3 Å². The summed E-state index contributed by atoms with van der Waals surface area (Å²) in [4.78, 5) is 34.3. The smallest absolute Gasteiger partial charge is 0.407 e. The summed E-state index contributed by atoms with van der Waals surface area (Å²) < 4.78 is 10.2. The Morgan fingerprint density at radius 2 is 1.90 bits per heavy atom. The maximum atomic E-state index is 11.8. The second kappa shape index (κ2) is 10.8. The Balaban J connectivity index is 2.39. The number of nitrogens with one attached hydrogen (secondary N) is 2. The van der Waals surface area contributed by atoms with Gasteiger partial charge >= 0.3 is 6.09 Å². The van der Waals surface area contributed by atoms with E-state index in [1.54, 1.807) is 0 Å². The van der Waals surface area contributed by atoms with E-state index in [-0.39, 0.29) is 35.7 Å². The van der Waals surface area contributed by atoms with Gasteiger partial charge < -0.3 is 25.2 Å². The van der Waals surface area contributed by atoms with Gasteiger partial charge in [-0.05, 0) is 17.7 Å². The SMILES string of the molecule is COC(=O)N[C@H](CO)Cc1ccc(OCc2ccccc2)c(NC(C)=O)c1[N+](=O)[O-]. The van der Waals surface area contributed by atoms with E-state index in [0.717, 1.165) is 5.56 Å². The molecule has 0 saturated heterocycles. The molecule has 160 valence electrons. The van der Waals surface area contributed by atoms with Gasteiger partial charge in [-0.25, -0.2) is 4.79 Å². The minimum atomic E-state index is -0.822. The van der Waals surface area contributed by atoms with Gasteiger partial charge in [-0.1, -0.05) is 30.3 Å². The second-order valence-electron chi connectivity index (χ2n) is 6.38. The molecular weight excluding hydrogens is 394 g/mol. The molecule has 1 atom stereocenters. The van der Waals surface area contributed by atoms with Gasteiger partial charge in [-0.15, -0.1) is 0 Å². The predicted molar refractivity (Wildman–Crippen MR) is 108 cm³/mol. The van der Waals surface area contributed by atoms with Crippen LogP contribution in [0.25, 0.3) is 0 Å². The molecular formula is C20H23N3O7. The van der Waals surface area contributed by atoms with Crippen LogP contribution < -0.4 is 15.4 Å². The van der Waals surface area contributed by atoms with E-state index in [1.165, 1.54) is 26.2 Å². The molecule has 2 rings (SSSR count). The first kappa shape index (κ1) is 22.6. The van der Waals surface area contributed by atoms with Crippen molar-refractivity contribution in [3.05, 3.63) is 63.7 Å². The molecule has 2 aromatic carbocycles. The first-order valence-electron chi connectivity index (χ1n) is 9.05. The van der Waals surface area contributed by atoms with Crippen molar-refractivity contribution >= 4 is 23.4 Å². The van der Waals surface area contributed by atoms with E-state index in [4.69, 9.17) is 4.74 Å². The lowest BCUT2D eigenvalue weighted by molar-refractivity contribution is -0.384. The van der Waals surface area contributed by atoms with Crippen molar-refractivity contribution in [3.8, 4) is 5.75 Å². The van der Waals surface area contributed by atoms with Crippen molar-refractivity contribution < 1.29 is 29.1 Å². The molecule has 0 aliphatic rings. The molecule has 2 aromatic rings. The highest BCUT2D eigenvalue weighted by Gasteiger charge is 2.27. The number of carbonyl (C=O) groups excluding carboxylic acids is 2. The summed E-state index contributed by atoms with van der Waals surface area (Å²) in [6.45, 7) is 0.910. The van der Waals surface area contributed by atoms with Crippen LogP contribution in [-0.4, -0.2) is 41.8 Å². The lowest BCUT2D eigenvalue weighted by Gasteiger charge is -2.18. The van der Waals surface area contributed by atoms with Crippen LogP contribution in [0.3, 0.4) is 0 Å². The number of nitro benzene ring substituents is 1. The lowest BCUT2D eigenvalue weighted by Crippen LogP contribution is -2.39. The average molecular weight is 417 g/mol. The molecule has 0 saturated carbocycles. The number of rotatable bonds is 9. The van der Waals surface area contributed by atoms with Crippen molar-refractivity contribution in [1.29, 1.82) is 0 Å². The second-order valence-corrected chi connectivity index (χ2v) is 6.38. The number of methoxy groups -OCH3 is 1. The van der Waals surface area contributed by atoms with Crippen molar-refractivity contribution in [2.75, 3.05) is 19.0 Å². The molecule has 0 radical (unpaired) electrons. The number of aliphatic hydroxyl groups excluding tert-OH is 1. The molecule has 3 N–H and O–H groups in total. The Labute approximate surface area is 173 Å². The van der Waals surface area contributed by atoms with Crippen molar-refractivity contribution in [2.45, 2.75) is 26.0 Å². The molecule has 0 aliphatic heterocycles. The minimum Gasteiger partial charge on any atom is -0.486 e. The molecule has 30 heavy (non-hydrogen) atoms. The van der Waals surface area contributed by atoms with Crippen molar-refractivity contribution in [1.82, 2.24) is 5.32 Å². The van der Waals surface area contributed by atoms with Crippen molar-refractivity contribution in [2.24, 2.45) is 0 Å². The first-order chi connectivity index (χ1) is 14.3. The van der Waals surface area contributed by atoms with Crippen LogP contribution in [0.1, 0.15) is 18.1 Å². The number of ether oxygens (including phenoxy) is 2. The summed E-state index contributed by atoms with van der Waals surface area (Å²) >= 11 is 0. The Morgan fingerprint density at radius 3 is 2.47 bits per heavy atom. The number of nitrogens with zero attached hydrogens (tertiary/aromatic N) is 1. The molecule has 0 aliphatic carbocycles. The van der Waals surface area contributed by atoms with E-state index in [0.29, 0.717) is 0 Å². The fourth-order valence-corrected chi connectivity index (χ4v) is 2.79. The normalized spacial score (nSPS) is 11.3. The quantitative estimate of drug-likeness (QED) is 0.420. The molecule has 0 heterocycles. The van der Waals surface area contributed by atoms with Crippen LogP contribution in [0.15, 0.2) is 42.5 Å². The summed E-state index contributed by atoms with van der Waals surface area (Å²) in [5.74, 6) is -0.378. The van der Waals surface area contributed by atoms with Crippen LogP contribution in [0.2, 0.25) is 0 Å². The Kier molecular flexibility index (Phi) is 8.12. The largest absolute Gasteiger partial charge is 0.486 e. The fourth-order valence-electron chi connectivity index (χ4n) is 2.79. The third-order valence-corrected chi connectivity index (χ3v) is 4.14. The van der Waals surface area contributed by atoms with Gasteiger partial charge in [0.2, 0.25) is 5.91 Å². The van der Waals surface area contributed by atoms with Gasteiger partial charge in [0.1, 0.15) is 12.4 Å². The highest BCUT2D eigenvalue weighted by atomic mass is 16.6. The third kappa shape index (κ3) is 6.17. The molecule has 10 heteroatoms. The van der Waals surface area contributed by atoms with Gasteiger partial charge in [0.25, 0.3) is 5.69 Å². The standard InChI is InChI=1S/C20H23N3O7/c1-13(25)21-18-17(30-12-14-6-4-3-5-7-14)9-8-15(19(18)23(27)28)10-16(11-24)22-20(26)29-2/h3-9,16,24H,10-12H2,1-2H3,(H,21,25)(H,22,26)/t16-/m0/s1. The zero-order valence-electron chi connectivity index (χ0n) is 16.6. The average Bonchev–Trinajstić information content (AvgIpc) is 2.72. The molecule has 0 aromatic heterocycles. The number of aliphatic hydroxyl groups is 1. The summed E-state index contributed by atoms with van der Waals surface area (Å²) in [5.41, 5.74) is 0.587. The van der Waals surface area contributed by atoms with Gasteiger partial charge in [0.05, 0.1) is 24.7 Å². The number of hydrogen-bond donors (Lipinski definition) is 3. The lowest BCUT2D eigenvalue weighted by atomic mass is 10.0. The molecule has 2 amide bonds. The van der Waals surface area contributed by atoms with E-state index < -0.39 is 29.6 Å². The highest BCUT2D eigenvalue weighted by Crippen LogP contribution is 2.38. The van der Waals surface area contributed by atoms with Crippen LogP contribution in [0, 0.1) is 10.1 Å². The van der Waals surface area contributed by atoms with E-state index in [2.05, 4.69) is 15.4 Å². The summed E-state index contributed by atoms with van der Waals surface area (Å²) in [5, 5.41) is 26.2. The Morgan fingerprint density at radius 1 is 1.20 bits per heavy atom. The molecule has 10 nitrogen and oxygen atoms in total. The zero-order valence-corrected chi connectivity index (χ0v) is 16.6.